The fourth-order valence-corrected chi connectivity index (χ4v) is 2.84. The van der Waals surface area contributed by atoms with Gasteiger partial charge in [0.15, 0.2) is 5.96 Å². The van der Waals surface area contributed by atoms with Crippen molar-refractivity contribution in [2.24, 2.45) is 4.99 Å². The van der Waals surface area contributed by atoms with Gasteiger partial charge in [-0.15, -0.1) is 0 Å². The molecule has 0 bridgehead atoms. The molecule has 8 heteroatoms. The Kier molecular flexibility index (Phi) is 8.53. The third-order valence-electron chi connectivity index (χ3n) is 3.23. The Balaban J connectivity index is 2.54. The Morgan fingerprint density at radius 2 is 2.00 bits per heavy atom. The number of unbranched alkanes of at least 4 members (excludes halogenated alkanes) is 1. The number of nitrogens with one attached hydrogen (secondary N) is 3. The maximum Gasteiger partial charge on any atom is 0.234 e. The summed E-state index contributed by atoms with van der Waals surface area (Å²) >= 11 is 0. The predicted octanol–water partition coefficient (Wildman–Crippen LogP) is 2.23. The minimum absolute atomic E-state index is 0.138. The van der Waals surface area contributed by atoms with Crippen LogP contribution in [0.25, 0.3) is 0 Å². The van der Waals surface area contributed by atoms with Gasteiger partial charge in [0, 0.05) is 19.6 Å². The number of rotatable bonds is 9. The molecule has 0 aliphatic heterocycles. The molecular weight excluding hydrogens is 331 g/mol. The molecular formula is C16H27FN4O2S. The van der Waals surface area contributed by atoms with Crippen LogP contribution >= 0.6 is 0 Å². The summed E-state index contributed by atoms with van der Waals surface area (Å²) in [5.74, 6) is 0.0223. The minimum atomic E-state index is -3.56. The number of nitrogens with zero attached hydrogens (tertiary/aromatic N) is 1. The van der Waals surface area contributed by atoms with E-state index in [2.05, 4.69) is 27.3 Å². The molecule has 24 heavy (non-hydrogen) atoms. The Labute approximate surface area is 144 Å². The normalized spacial score (nSPS) is 12.1. The van der Waals surface area contributed by atoms with Gasteiger partial charge in [-0.3, -0.25) is 9.71 Å². The minimum Gasteiger partial charge on any atom is -0.357 e. The predicted molar refractivity (Wildman–Crippen MR) is 97.4 cm³/mol. The summed E-state index contributed by atoms with van der Waals surface area (Å²) in [5, 5.41) is 6.05. The smallest absolute Gasteiger partial charge is 0.234 e. The number of halogens is 1. The van der Waals surface area contributed by atoms with E-state index in [0.717, 1.165) is 12.8 Å². The van der Waals surface area contributed by atoms with Gasteiger partial charge >= 0.3 is 0 Å². The number of guanidine groups is 1. The average Bonchev–Trinajstić information content (AvgIpc) is 2.51. The van der Waals surface area contributed by atoms with Gasteiger partial charge in [-0.2, -0.15) is 0 Å². The van der Waals surface area contributed by atoms with E-state index in [0.29, 0.717) is 24.6 Å². The molecule has 0 saturated carbocycles. The fourth-order valence-electron chi connectivity index (χ4n) is 1.88. The molecule has 0 atom stereocenters. The van der Waals surface area contributed by atoms with Crippen molar-refractivity contribution in [3.05, 3.63) is 29.6 Å². The van der Waals surface area contributed by atoms with Crippen molar-refractivity contribution in [2.75, 3.05) is 30.1 Å². The molecule has 1 aromatic carbocycles. The number of benzene rings is 1. The topological polar surface area (TPSA) is 82.6 Å². The van der Waals surface area contributed by atoms with E-state index in [-0.39, 0.29) is 18.0 Å². The highest BCUT2D eigenvalue weighted by atomic mass is 32.2. The standard InChI is InChI=1S/C16H27FN4O2S/c1-4-6-9-19-16(18-5-2)20-10-11-24(22,23)21-14-8-7-13(3)15(17)12-14/h7-8,12,21H,4-6,9-11H2,1-3H3,(H2,18,19,20). The van der Waals surface area contributed by atoms with E-state index >= 15 is 0 Å². The molecule has 1 aromatic rings. The zero-order valence-electron chi connectivity index (χ0n) is 14.5. The van der Waals surface area contributed by atoms with E-state index in [4.69, 9.17) is 0 Å². The van der Waals surface area contributed by atoms with Crippen LogP contribution in [0.5, 0.6) is 0 Å². The lowest BCUT2D eigenvalue weighted by atomic mass is 10.2. The zero-order chi connectivity index (χ0) is 18.0. The molecule has 3 N–H and O–H groups in total. The van der Waals surface area contributed by atoms with Gasteiger partial charge in [-0.05, 0) is 38.0 Å². The second-order valence-electron chi connectivity index (χ2n) is 5.43. The maximum absolute atomic E-state index is 13.5. The quantitative estimate of drug-likeness (QED) is 0.359. The number of anilines is 1. The lowest BCUT2D eigenvalue weighted by molar-refractivity contribution is 0.599. The van der Waals surface area contributed by atoms with Gasteiger partial charge in [-0.25, -0.2) is 12.8 Å². The molecule has 0 aliphatic carbocycles. The SMILES string of the molecule is CCCCN=C(NCC)NCCS(=O)(=O)Nc1ccc(C)c(F)c1. The first-order valence-corrected chi connectivity index (χ1v) is 9.82. The summed E-state index contributed by atoms with van der Waals surface area (Å²) in [6.45, 7) is 7.26. The first-order valence-electron chi connectivity index (χ1n) is 8.16. The van der Waals surface area contributed by atoms with Crippen molar-refractivity contribution >= 4 is 21.7 Å². The molecule has 0 aliphatic rings. The van der Waals surface area contributed by atoms with Gasteiger partial charge in [-0.1, -0.05) is 19.4 Å². The van der Waals surface area contributed by atoms with Crippen LogP contribution in [0, 0.1) is 12.7 Å². The molecule has 0 spiro atoms. The van der Waals surface area contributed by atoms with E-state index < -0.39 is 15.8 Å². The van der Waals surface area contributed by atoms with Crippen LogP contribution in [-0.2, 0) is 10.0 Å². The summed E-state index contributed by atoms with van der Waals surface area (Å²) in [5.41, 5.74) is 0.694. The first-order chi connectivity index (χ1) is 11.4. The second-order valence-corrected chi connectivity index (χ2v) is 7.27. The lowest BCUT2D eigenvalue weighted by Gasteiger charge is -2.12. The molecule has 6 nitrogen and oxygen atoms in total. The molecule has 0 aromatic heterocycles. The van der Waals surface area contributed by atoms with Gasteiger partial charge in [0.1, 0.15) is 5.82 Å². The van der Waals surface area contributed by atoms with E-state index in [1.807, 2.05) is 6.92 Å². The maximum atomic E-state index is 13.5. The van der Waals surface area contributed by atoms with Crippen molar-refractivity contribution in [1.29, 1.82) is 0 Å². The highest BCUT2D eigenvalue weighted by Crippen LogP contribution is 2.14. The summed E-state index contributed by atoms with van der Waals surface area (Å²) in [4.78, 5) is 4.36. The van der Waals surface area contributed by atoms with Gasteiger partial charge in [0.2, 0.25) is 10.0 Å². The monoisotopic (exact) mass is 358 g/mol. The average molecular weight is 358 g/mol. The third kappa shape index (κ3) is 7.63. The zero-order valence-corrected chi connectivity index (χ0v) is 15.3. The summed E-state index contributed by atoms with van der Waals surface area (Å²) in [6.07, 6.45) is 2.03. The second kappa shape index (κ2) is 10.1. The number of hydrogen-bond donors (Lipinski definition) is 3. The summed E-state index contributed by atoms with van der Waals surface area (Å²) < 4.78 is 40.0. The van der Waals surface area contributed by atoms with Gasteiger partial charge in [0.25, 0.3) is 0 Å². The molecule has 0 radical (unpaired) electrons. The highest BCUT2D eigenvalue weighted by molar-refractivity contribution is 7.92. The molecule has 0 heterocycles. The molecule has 0 fully saturated rings. The molecule has 0 unspecified atom stereocenters. The van der Waals surface area contributed by atoms with Crippen molar-refractivity contribution in [3.8, 4) is 0 Å². The van der Waals surface area contributed by atoms with Crippen LogP contribution in [-0.4, -0.2) is 39.8 Å². The van der Waals surface area contributed by atoms with Crippen LogP contribution in [0.4, 0.5) is 10.1 Å². The van der Waals surface area contributed by atoms with Crippen molar-refractivity contribution in [3.63, 3.8) is 0 Å². The number of sulfonamides is 1. The van der Waals surface area contributed by atoms with E-state index in [1.165, 1.54) is 12.1 Å². The highest BCUT2D eigenvalue weighted by Gasteiger charge is 2.11. The van der Waals surface area contributed by atoms with E-state index in [1.54, 1.807) is 13.0 Å². The van der Waals surface area contributed by atoms with Crippen LogP contribution in [0.15, 0.2) is 23.2 Å². The first kappa shape index (κ1) is 20.2. The van der Waals surface area contributed by atoms with Crippen molar-refractivity contribution in [1.82, 2.24) is 10.6 Å². The molecule has 136 valence electrons. The Morgan fingerprint density at radius 3 is 2.62 bits per heavy atom. The summed E-state index contributed by atoms with van der Waals surface area (Å²) in [7, 11) is -3.56. The van der Waals surface area contributed by atoms with Crippen LogP contribution in [0.3, 0.4) is 0 Å². The van der Waals surface area contributed by atoms with E-state index in [9.17, 15) is 12.8 Å². The van der Waals surface area contributed by atoms with Crippen LogP contribution in [0.1, 0.15) is 32.3 Å². The fraction of sp³-hybridized carbons (Fsp3) is 0.562. The van der Waals surface area contributed by atoms with Gasteiger partial charge < -0.3 is 10.6 Å². The van der Waals surface area contributed by atoms with Crippen molar-refractivity contribution in [2.45, 2.75) is 33.6 Å². The van der Waals surface area contributed by atoms with Gasteiger partial charge in [0.05, 0.1) is 11.4 Å². The Hall–Kier alpha value is -1.83. The van der Waals surface area contributed by atoms with Crippen molar-refractivity contribution < 1.29 is 12.8 Å². The largest absolute Gasteiger partial charge is 0.357 e. The number of hydrogen-bond acceptors (Lipinski definition) is 3. The molecule has 0 amide bonds. The number of aryl methyl sites for hydroxylation is 1. The lowest BCUT2D eigenvalue weighted by Crippen LogP contribution is -2.40. The summed E-state index contributed by atoms with van der Waals surface area (Å²) in [6, 6.07) is 4.26. The van der Waals surface area contributed by atoms with Crippen LogP contribution < -0.4 is 15.4 Å². The molecule has 0 saturated heterocycles. The van der Waals surface area contributed by atoms with Crippen LogP contribution in [0.2, 0.25) is 0 Å². The third-order valence-corrected chi connectivity index (χ3v) is 4.52. The Morgan fingerprint density at radius 1 is 1.25 bits per heavy atom. The molecule has 1 rings (SSSR count). The Bertz CT molecular complexity index is 647. The number of aliphatic imine (C=N–C) groups is 1.